The molecule has 0 saturated heterocycles. The summed E-state index contributed by atoms with van der Waals surface area (Å²) in [5.41, 5.74) is 7.72. The van der Waals surface area contributed by atoms with E-state index < -0.39 is 0 Å². The SMILES string of the molecule is N#[N+]N1N=C1N=[N+]=[N-]. The van der Waals surface area contributed by atoms with Gasteiger partial charge in [-0.05, 0) is 5.53 Å². The van der Waals surface area contributed by atoms with E-state index in [-0.39, 0.29) is 5.96 Å². The van der Waals surface area contributed by atoms with Crippen molar-refractivity contribution in [3.05, 3.63) is 15.5 Å². The Labute approximate surface area is 43.4 Å². The third-order valence-electron chi connectivity index (χ3n) is 0.542. The summed E-state index contributed by atoms with van der Waals surface area (Å²) in [5.74, 6) is 0.0787. The van der Waals surface area contributed by atoms with Crippen LogP contribution in [0.25, 0.3) is 15.5 Å². The highest BCUT2D eigenvalue weighted by Gasteiger charge is 2.41. The van der Waals surface area contributed by atoms with Gasteiger partial charge >= 0.3 is 5.96 Å². The maximum atomic E-state index is 7.86. The molecule has 0 aliphatic carbocycles. The summed E-state index contributed by atoms with van der Waals surface area (Å²) in [6, 6.07) is 0. The molecule has 1 aliphatic heterocycles. The van der Waals surface area contributed by atoms with Gasteiger partial charge < -0.3 is 0 Å². The topological polar surface area (TPSA) is 92.3 Å². The Hall–Kier alpha value is -1.80. The molecule has 0 unspecified atom stereocenters. The number of hydrogen-bond donors (Lipinski definition) is 0. The highest BCUT2D eigenvalue weighted by Crippen LogP contribution is 2.09. The third kappa shape index (κ3) is 0.508. The maximum absolute atomic E-state index is 7.86. The minimum absolute atomic E-state index is 0.0787. The van der Waals surface area contributed by atoms with Gasteiger partial charge in [-0.2, -0.15) is 0 Å². The molecule has 1 heterocycles. The van der Waals surface area contributed by atoms with E-state index in [0.29, 0.717) is 0 Å². The second-order valence-electron chi connectivity index (χ2n) is 0.968. The first-order chi connectivity index (χ1) is 3.88. The summed E-state index contributed by atoms with van der Waals surface area (Å²) in [4.78, 5) is 2.38. The van der Waals surface area contributed by atoms with Gasteiger partial charge in [0.1, 0.15) is 15.6 Å². The van der Waals surface area contributed by atoms with Crippen molar-refractivity contribution in [1.82, 2.24) is 5.12 Å². The summed E-state index contributed by atoms with van der Waals surface area (Å²) in [5, 5.41) is 17.5. The van der Waals surface area contributed by atoms with Crippen molar-refractivity contribution in [3.63, 3.8) is 0 Å². The van der Waals surface area contributed by atoms with E-state index in [9.17, 15) is 0 Å². The molecule has 0 saturated carbocycles. The zero-order valence-electron chi connectivity index (χ0n) is 3.63. The lowest BCUT2D eigenvalue weighted by Gasteiger charge is -1.53. The molecule has 0 bridgehead atoms. The number of nitrogens with zero attached hydrogens (tertiary/aromatic N) is 7. The first-order valence-corrected chi connectivity index (χ1v) is 1.67. The van der Waals surface area contributed by atoms with Crippen LogP contribution in [0, 0.1) is 5.39 Å². The smallest absolute Gasteiger partial charge is 0.00291 e. The average molecular weight is 110 g/mol. The van der Waals surface area contributed by atoms with Gasteiger partial charge in [0.25, 0.3) is 0 Å². The van der Waals surface area contributed by atoms with Gasteiger partial charge in [0.15, 0.2) is 5.12 Å². The summed E-state index contributed by atoms with van der Waals surface area (Å²) < 4.78 is 0. The van der Waals surface area contributed by atoms with E-state index in [1.807, 2.05) is 0 Å². The molecule has 0 spiro atoms. The Balaban J connectivity index is 2.50. The summed E-state index contributed by atoms with van der Waals surface area (Å²) in [7, 11) is 0. The Bertz CT molecular complexity index is 211. The van der Waals surface area contributed by atoms with E-state index in [4.69, 9.17) is 10.9 Å². The zero-order chi connectivity index (χ0) is 5.98. The Kier molecular flexibility index (Phi) is 0.744. The summed E-state index contributed by atoms with van der Waals surface area (Å²) >= 11 is 0. The van der Waals surface area contributed by atoms with Crippen LogP contribution >= 0.6 is 0 Å². The minimum Gasteiger partial charge on any atom is -0.00291 e. The van der Waals surface area contributed by atoms with Crippen molar-refractivity contribution < 1.29 is 0 Å². The van der Waals surface area contributed by atoms with E-state index in [0.717, 1.165) is 5.12 Å². The van der Waals surface area contributed by atoms with Crippen molar-refractivity contribution in [2.45, 2.75) is 0 Å². The van der Waals surface area contributed by atoms with Crippen LogP contribution in [0.2, 0.25) is 0 Å². The van der Waals surface area contributed by atoms with Crippen molar-refractivity contribution in [1.29, 1.82) is 5.39 Å². The largest absolute Gasteiger partial charge is 0.436 e. The number of hydrazone groups is 1. The van der Waals surface area contributed by atoms with Crippen LogP contribution in [0.4, 0.5) is 0 Å². The quantitative estimate of drug-likeness (QED) is 0.198. The highest BCUT2D eigenvalue weighted by atomic mass is 15.8. The van der Waals surface area contributed by atoms with Crippen LogP contribution < -0.4 is 0 Å². The monoisotopic (exact) mass is 110 g/mol. The lowest BCUT2D eigenvalue weighted by Crippen LogP contribution is -1.86. The highest BCUT2D eigenvalue weighted by molar-refractivity contribution is 5.89. The van der Waals surface area contributed by atoms with E-state index in [1.54, 1.807) is 0 Å². The molecule has 0 aromatic rings. The summed E-state index contributed by atoms with van der Waals surface area (Å²) in [6.45, 7) is 0. The van der Waals surface area contributed by atoms with Crippen molar-refractivity contribution in [3.8, 4) is 0 Å². The second-order valence-corrected chi connectivity index (χ2v) is 0.968. The molecule has 8 heavy (non-hydrogen) atoms. The van der Waals surface area contributed by atoms with E-state index >= 15 is 0 Å². The van der Waals surface area contributed by atoms with Crippen LogP contribution in [0.1, 0.15) is 0 Å². The Morgan fingerprint density at radius 1 is 1.88 bits per heavy atom. The number of diazo groups is 1. The lowest BCUT2D eigenvalue weighted by atomic mass is 11.2. The third-order valence-corrected chi connectivity index (χ3v) is 0.542. The normalized spacial score (nSPS) is 13.4. The average Bonchev–Trinajstić information content (AvgIpc) is 2.48. The van der Waals surface area contributed by atoms with Crippen LogP contribution in [0.15, 0.2) is 10.2 Å². The molecule has 0 atom stereocenters. The fourth-order valence-corrected chi connectivity index (χ4v) is 0.222. The van der Waals surface area contributed by atoms with Crippen LogP contribution in [0.3, 0.4) is 0 Å². The van der Waals surface area contributed by atoms with Crippen molar-refractivity contribution >= 4 is 5.96 Å². The lowest BCUT2D eigenvalue weighted by molar-refractivity contribution is 0.719. The molecule has 0 aromatic heterocycles. The summed E-state index contributed by atoms with van der Waals surface area (Å²) in [6.07, 6.45) is 0. The molecule has 0 amide bonds. The maximum Gasteiger partial charge on any atom is 0.436 e. The minimum atomic E-state index is 0.0787. The molecule has 38 valence electrons. The van der Waals surface area contributed by atoms with Crippen molar-refractivity contribution in [2.24, 2.45) is 10.2 Å². The Morgan fingerprint density at radius 2 is 2.62 bits per heavy atom. The molecule has 7 heteroatoms. The molecular formula is CN7+. The van der Waals surface area contributed by atoms with Crippen LogP contribution in [-0.2, 0) is 0 Å². The zero-order valence-corrected chi connectivity index (χ0v) is 3.63. The molecule has 1 rings (SSSR count). The molecule has 0 N–H and O–H groups in total. The first kappa shape index (κ1) is 4.36. The second kappa shape index (κ2) is 1.36. The van der Waals surface area contributed by atoms with Crippen molar-refractivity contribution in [2.75, 3.05) is 0 Å². The van der Waals surface area contributed by atoms with E-state index in [1.165, 1.54) is 0 Å². The number of guanidine groups is 1. The number of azide groups is 1. The van der Waals surface area contributed by atoms with E-state index in [2.05, 4.69) is 20.2 Å². The molecule has 0 radical (unpaired) electrons. The van der Waals surface area contributed by atoms with Gasteiger partial charge in [0.2, 0.25) is 0 Å². The predicted octanol–water partition coefficient (Wildman–Crippen LogP) is 0.651. The fourth-order valence-electron chi connectivity index (χ4n) is 0.222. The van der Waals surface area contributed by atoms with Gasteiger partial charge in [-0.3, -0.25) is 0 Å². The molecule has 0 aromatic carbocycles. The van der Waals surface area contributed by atoms with Gasteiger partial charge in [0.05, 0.1) is 0 Å². The standard InChI is InChI=1S/CN7/c2-6-4-1-5-8(1)7-3/q+1. The number of rotatable bonds is 0. The Morgan fingerprint density at radius 3 is 3.00 bits per heavy atom. The molecule has 0 fully saturated rings. The van der Waals surface area contributed by atoms with Gasteiger partial charge in [-0.25, -0.2) is 0 Å². The van der Waals surface area contributed by atoms with Gasteiger partial charge in [-0.15, -0.1) is 0 Å². The molecular weight excluding hydrogens is 110 g/mol. The van der Waals surface area contributed by atoms with Gasteiger partial charge in [0, 0.05) is 10.0 Å². The number of hydrogen-bond acceptors (Lipinski definition) is 4. The predicted molar refractivity (Wildman–Crippen MR) is 23.5 cm³/mol. The van der Waals surface area contributed by atoms with Crippen LogP contribution in [0.5, 0.6) is 0 Å². The molecule has 7 nitrogen and oxygen atoms in total. The molecule has 1 aliphatic rings. The fraction of sp³-hybridized carbons (Fsp3) is 0. The van der Waals surface area contributed by atoms with Crippen LogP contribution in [-0.4, -0.2) is 11.1 Å². The van der Waals surface area contributed by atoms with Gasteiger partial charge in [-0.1, -0.05) is 0 Å². The first-order valence-electron chi connectivity index (χ1n) is 1.67.